The molecule has 12 heavy (non-hydrogen) atoms. The Labute approximate surface area is 73.3 Å². The van der Waals surface area contributed by atoms with E-state index >= 15 is 0 Å². The lowest BCUT2D eigenvalue weighted by molar-refractivity contribution is -0.870. The molecule has 0 heterocycles. The molecular weight excluding hydrogens is 158 g/mol. The highest BCUT2D eigenvalue weighted by Gasteiger charge is 2.12. The Hall–Kier alpha value is -0.610. The lowest BCUT2D eigenvalue weighted by atomic mass is 10.4. The summed E-state index contributed by atoms with van der Waals surface area (Å²) in [7, 11) is 6.03. The molecule has 0 rings (SSSR count). The Morgan fingerprint density at radius 3 is 2.33 bits per heavy atom. The van der Waals surface area contributed by atoms with Crippen LogP contribution in [-0.4, -0.2) is 56.0 Å². The number of nitrogens with zero attached hydrogens (tertiary/aromatic N) is 1. The molecule has 0 aromatic rings. The molecule has 0 aromatic carbocycles. The largest absolute Gasteiger partial charge is 0.458 e. The van der Waals surface area contributed by atoms with E-state index in [2.05, 4.69) is 0 Å². The third-order valence-electron chi connectivity index (χ3n) is 1.35. The van der Waals surface area contributed by atoms with Crippen LogP contribution in [-0.2, 0) is 9.53 Å². The summed E-state index contributed by atoms with van der Waals surface area (Å²) in [5.41, 5.74) is 0. The number of hydrogen-bond donors (Lipinski definition) is 1. The van der Waals surface area contributed by atoms with Gasteiger partial charge in [-0.25, -0.2) is 4.79 Å². The molecule has 72 valence electrons. The molecule has 0 saturated carbocycles. The van der Waals surface area contributed by atoms with Crippen LogP contribution >= 0.6 is 0 Å². The molecule has 0 fully saturated rings. The van der Waals surface area contributed by atoms with Gasteiger partial charge in [0.1, 0.15) is 19.3 Å². The minimum absolute atomic E-state index is 0.354. The second kappa shape index (κ2) is 4.42. The van der Waals surface area contributed by atoms with Gasteiger partial charge in [0.2, 0.25) is 0 Å². The first-order valence-corrected chi connectivity index (χ1v) is 3.98. The molecule has 0 aromatic heterocycles. The van der Waals surface area contributed by atoms with Crippen molar-refractivity contribution in [2.45, 2.75) is 13.0 Å². The summed E-state index contributed by atoms with van der Waals surface area (Å²) < 4.78 is 5.52. The number of carbonyl (C=O) groups excluding carboxylic acids is 1. The van der Waals surface area contributed by atoms with Crippen LogP contribution in [0.25, 0.3) is 0 Å². The molecule has 0 saturated heterocycles. The topological polar surface area (TPSA) is 46.5 Å². The van der Waals surface area contributed by atoms with Gasteiger partial charge >= 0.3 is 5.97 Å². The van der Waals surface area contributed by atoms with E-state index in [1.165, 1.54) is 6.92 Å². The molecule has 0 unspecified atom stereocenters. The molecular formula is C8H18NO3+. The molecule has 1 atom stereocenters. The minimum atomic E-state index is -1.02. The van der Waals surface area contributed by atoms with Crippen molar-refractivity contribution in [3.8, 4) is 0 Å². The number of rotatable bonds is 4. The number of ether oxygens (including phenoxy) is 1. The van der Waals surface area contributed by atoms with Crippen molar-refractivity contribution in [3.05, 3.63) is 0 Å². The maximum absolute atomic E-state index is 10.7. The number of aliphatic hydroxyl groups excluding tert-OH is 1. The normalized spacial score (nSPS) is 14.1. The number of carbonyl (C=O) groups is 1. The molecule has 0 aliphatic rings. The highest BCUT2D eigenvalue weighted by Crippen LogP contribution is 1.91. The summed E-state index contributed by atoms with van der Waals surface area (Å²) in [5.74, 6) is -0.552. The standard InChI is InChI=1S/C8H18NO3/c1-7(10)8(11)12-6-5-9(2,3)4/h7,10H,5-6H2,1-4H3/q+1/t7-/m0/s1. The number of hydrogen-bond acceptors (Lipinski definition) is 3. The van der Waals surface area contributed by atoms with Gasteiger partial charge in [-0.15, -0.1) is 0 Å². The van der Waals surface area contributed by atoms with Crippen LogP contribution in [0.3, 0.4) is 0 Å². The Kier molecular flexibility index (Phi) is 4.20. The smallest absolute Gasteiger partial charge is 0.334 e. The second-order valence-corrected chi connectivity index (χ2v) is 3.86. The van der Waals surface area contributed by atoms with Crippen LogP contribution in [0.2, 0.25) is 0 Å². The summed E-state index contributed by atoms with van der Waals surface area (Å²) in [6.45, 7) is 2.50. The third kappa shape index (κ3) is 6.12. The van der Waals surface area contributed by atoms with Gasteiger partial charge in [-0.2, -0.15) is 0 Å². The summed E-state index contributed by atoms with van der Waals surface area (Å²) in [6, 6.07) is 0. The fraction of sp³-hybridized carbons (Fsp3) is 0.875. The minimum Gasteiger partial charge on any atom is -0.458 e. The van der Waals surface area contributed by atoms with Crippen LogP contribution in [0.5, 0.6) is 0 Å². The van der Waals surface area contributed by atoms with Crippen LogP contribution < -0.4 is 0 Å². The lowest BCUT2D eigenvalue weighted by Gasteiger charge is -2.23. The first kappa shape index (κ1) is 11.4. The van der Waals surface area contributed by atoms with Crippen molar-refractivity contribution in [1.82, 2.24) is 0 Å². The fourth-order valence-electron chi connectivity index (χ4n) is 0.541. The molecule has 0 aliphatic heterocycles. The van der Waals surface area contributed by atoms with E-state index in [1.807, 2.05) is 21.1 Å². The Bertz CT molecular complexity index is 149. The van der Waals surface area contributed by atoms with Crippen molar-refractivity contribution >= 4 is 5.97 Å². The zero-order valence-corrected chi connectivity index (χ0v) is 8.20. The van der Waals surface area contributed by atoms with Crippen LogP contribution in [0.15, 0.2) is 0 Å². The summed E-state index contributed by atoms with van der Waals surface area (Å²) in [5, 5.41) is 8.77. The van der Waals surface area contributed by atoms with E-state index in [9.17, 15) is 4.79 Å². The van der Waals surface area contributed by atoms with Gasteiger partial charge in [-0.1, -0.05) is 0 Å². The SMILES string of the molecule is C[C@H](O)C(=O)OCC[N+](C)(C)C. The molecule has 0 bridgehead atoms. The van der Waals surface area contributed by atoms with Crippen molar-refractivity contribution in [1.29, 1.82) is 0 Å². The van der Waals surface area contributed by atoms with Gasteiger partial charge in [-0.05, 0) is 6.92 Å². The molecule has 0 amide bonds. The number of likely N-dealkylation sites (N-methyl/N-ethyl adjacent to an activating group) is 1. The van der Waals surface area contributed by atoms with E-state index in [-0.39, 0.29) is 0 Å². The van der Waals surface area contributed by atoms with Gasteiger partial charge in [0.05, 0.1) is 21.1 Å². The lowest BCUT2D eigenvalue weighted by Crippen LogP contribution is -2.38. The van der Waals surface area contributed by atoms with Crippen LogP contribution in [0.4, 0.5) is 0 Å². The van der Waals surface area contributed by atoms with Gasteiger partial charge in [0.25, 0.3) is 0 Å². The van der Waals surface area contributed by atoms with Crippen molar-refractivity contribution < 1.29 is 19.1 Å². The first-order chi connectivity index (χ1) is 5.33. The molecule has 0 spiro atoms. The average Bonchev–Trinajstić information content (AvgIpc) is 1.84. The van der Waals surface area contributed by atoms with Crippen molar-refractivity contribution in [2.75, 3.05) is 34.3 Å². The van der Waals surface area contributed by atoms with Gasteiger partial charge in [0, 0.05) is 0 Å². The van der Waals surface area contributed by atoms with Crippen LogP contribution in [0, 0.1) is 0 Å². The van der Waals surface area contributed by atoms with Crippen molar-refractivity contribution in [3.63, 3.8) is 0 Å². The maximum Gasteiger partial charge on any atom is 0.334 e. The summed E-state index contributed by atoms with van der Waals surface area (Å²) in [4.78, 5) is 10.7. The zero-order valence-electron chi connectivity index (χ0n) is 8.20. The Morgan fingerprint density at radius 1 is 1.50 bits per heavy atom. The summed E-state index contributed by atoms with van der Waals surface area (Å²) in [6.07, 6.45) is -1.02. The van der Waals surface area contributed by atoms with E-state index in [0.29, 0.717) is 6.61 Å². The average molecular weight is 176 g/mol. The molecule has 4 heteroatoms. The van der Waals surface area contributed by atoms with Crippen LogP contribution in [0.1, 0.15) is 6.92 Å². The molecule has 4 nitrogen and oxygen atoms in total. The highest BCUT2D eigenvalue weighted by molar-refractivity contribution is 5.73. The monoisotopic (exact) mass is 176 g/mol. The predicted molar refractivity (Wildman–Crippen MR) is 45.5 cm³/mol. The highest BCUT2D eigenvalue weighted by atomic mass is 16.5. The van der Waals surface area contributed by atoms with Gasteiger partial charge in [0.15, 0.2) is 0 Å². The van der Waals surface area contributed by atoms with E-state index < -0.39 is 12.1 Å². The zero-order chi connectivity index (χ0) is 9.78. The molecule has 1 N–H and O–H groups in total. The Balaban J connectivity index is 3.51. The first-order valence-electron chi connectivity index (χ1n) is 3.98. The third-order valence-corrected chi connectivity index (χ3v) is 1.35. The summed E-state index contributed by atoms with van der Waals surface area (Å²) >= 11 is 0. The number of quaternary nitrogens is 1. The Morgan fingerprint density at radius 2 is 2.00 bits per heavy atom. The second-order valence-electron chi connectivity index (χ2n) is 3.86. The maximum atomic E-state index is 10.7. The number of aliphatic hydroxyl groups is 1. The van der Waals surface area contributed by atoms with Gasteiger partial charge < -0.3 is 14.3 Å². The van der Waals surface area contributed by atoms with E-state index in [4.69, 9.17) is 9.84 Å². The molecule has 0 radical (unpaired) electrons. The predicted octanol–water partition coefficient (Wildman–Crippen LogP) is -0.383. The quantitative estimate of drug-likeness (QED) is 0.469. The fourth-order valence-corrected chi connectivity index (χ4v) is 0.541. The van der Waals surface area contributed by atoms with Gasteiger partial charge in [-0.3, -0.25) is 0 Å². The van der Waals surface area contributed by atoms with E-state index in [1.54, 1.807) is 0 Å². The van der Waals surface area contributed by atoms with E-state index in [0.717, 1.165) is 11.0 Å². The number of esters is 1. The molecule has 0 aliphatic carbocycles. The van der Waals surface area contributed by atoms with Crippen molar-refractivity contribution in [2.24, 2.45) is 0 Å².